The van der Waals surface area contributed by atoms with Gasteiger partial charge in [-0.1, -0.05) is 12.1 Å². The molecule has 10 heteroatoms. The van der Waals surface area contributed by atoms with Crippen LogP contribution in [0.5, 0.6) is 17.2 Å². The van der Waals surface area contributed by atoms with E-state index < -0.39 is 24.9 Å². The van der Waals surface area contributed by atoms with Crippen molar-refractivity contribution in [1.29, 1.82) is 0 Å². The average molecular weight is 372 g/mol. The molecule has 2 rings (SSSR count). The highest BCUT2D eigenvalue weighted by atomic mass is 19.3. The molecule has 2 N–H and O–H groups in total. The quantitative estimate of drug-likeness (QED) is 0.444. The summed E-state index contributed by atoms with van der Waals surface area (Å²) >= 11 is 0. The van der Waals surface area contributed by atoms with Gasteiger partial charge in [-0.05, 0) is 24.3 Å². The van der Waals surface area contributed by atoms with Gasteiger partial charge in [0.2, 0.25) is 0 Å². The Labute approximate surface area is 144 Å². The number of phenols is 1. The lowest BCUT2D eigenvalue weighted by molar-refractivity contribution is -0.0543. The van der Waals surface area contributed by atoms with Gasteiger partial charge in [0.25, 0.3) is 5.91 Å². The maximum Gasteiger partial charge on any atom is 0.387 e. The molecule has 0 aliphatic heterocycles. The standard InChI is InChI=1S/C16H12F4N2O4/c17-15(18)25-10-6-5-9(13(7-10)26-16(19)20)8-21-22-14(24)11-3-1-2-4-12(11)23/h1-8,15-16,23H,(H,22,24)/b21-8-. The molecule has 0 unspecified atom stereocenters. The number of benzene rings is 2. The lowest BCUT2D eigenvalue weighted by atomic mass is 10.2. The SMILES string of the molecule is O=C(N/N=C\c1ccc(OC(F)F)cc1OC(F)F)c1ccccc1O. The van der Waals surface area contributed by atoms with Crippen LogP contribution in [0.4, 0.5) is 17.6 Å². The van der Waals surface area contributed by atoms with E-state index in [1.54, 1.807) is 0 Å². The normalized spacial score (nSPS) is 11.2. The minimum absolute atomic E-state index is 0.0236. The monoisotopic (exact) mass is 372 g/mol. The van der Waals surface area contributed by atoms with E-state index in [4.69, 9.17) is 0 Å². The Kier molecular flexibility index (Phi) is 6.36. The molecule has 0 spiro atoms. The molecular weight excluding hydrogens is 360 g/mol. The molecule has 2 aromatic carbocycles. The van der Waals surface area contributed by atoms with Gasteiger partial charge in [-0.2, -0.15) is 22.7 Å². The lowest BCUT2D eigenvalue weighted by Gasteiger charge is -2.10. The van der Waals surface area contributed by atoms with Crippen molar-refractivity contribution >= 4 is 12.1 Å². The van der Waals surface area contributed by atoms with Gasteiger partial charge in [0.15, 0.2) is 0 Å². The number of carbonyl (C=O) groups excluding carboxylic acids is 1. The van der Waals surface area contributed by atoms with Gasteiger partial charge < -0.3 is 14.6 Å². The smallest absolute Gasteiger partial charge is 0.387 e. The van der Waals surface area contributed by atoms with Crippen molar-refractivity contribution in [1.82, 2.24) is 5.43 Å². The summed E-state index contributed by atoms with van der Waals surface area (Å²) in [5, 5.41) is 13.1. The number of nitrogens with zero attached hydrogens (tertiary/aromatic N) is 1. The summed E-state index contributed by atoms with van der Waals surface area (Å²) in [4.78, 5) is 11.9. The molecule has 0 bridgehead atoms. The van der Waals surface area contributed by atoms with Crippen LogP contribution in [0, 0.1) is 0 Å². The molecule has 138 valence electrons. The third kappa shape index (κ3) is 5.36. The number of amides is 1. The Morgan fingerprint density at radius 1 is 1.08 bits per heavy atom. The van der Waals surface area contributed by atoms with Crippen molar-refractivity contribution in [2.45, 2.75) is 13.2 Å². The molecule has 0 saturated carbocycles. The first-order valence-electron chi connectivity index (χ1n) is 7.02. The highest BCUT2D eigenvalue weighted by Crippen LogP contribution is 2.26. The molecule has 0 atom stereocenters. The van der Waals surface area contributed by atoms with Crippen molar-refractivity contribution in [2.24, 2.45) is 5.10 Å². The Morgan fingerprint density at radius 3 is 2.42 bits per heavy atom. The minimum Gasteiger partial charge on any atom is -0.507 e. The summed E-state index contributed by atoms with van der Waals surface area (Å²) in [5.41, 5.74) is 2.02. The number of ether oxygens (including phenoxy) is 2. The first-order valence-corrected chi connectivity index (χ1v) is 7.02. The molecule has 0 saturated heterocycles. The first-order chi connectivity index (χ1) is 12.4. The fraction of sp³-hybridized carbons (Fsp3) is 0.125. The van der Waals surface area contributed by atoms with Crippen LogP contribution in [0.25, 0.3) is 0 Å². The summed E-state index contributed by atoms with van der Waals surface area (Å²) < 4.78 is 57.6. The largest absolute Gasteiger partial charge is 0.507 e. The zero-order valence-corrected chi connectivity index (χ0v) is 12.9. The van der Waals surface area contributed by atoms with Crippen LogP contribution in [-0.4, -0.2) is 30.5 Å². The van der Waals surface area contributed by atoms with Gasteiger partial charge in [-0.15, -0.1) is 0 Å². The molecule has 2 aromatic rings. The highest BCUT2D eigenvalue weighted by Gasteiger charge is 2.13. The number of phenolic OH excluding ortho intramolecular Hbond substituents is 1. The number of hydrazone groups is 1. The van der Waals surface area contributed by atoms with Gasteiger partial charge in [0, 0.05) is 11.6 Å². The Balaban J connectivity index is 2.15. The van der Waals surface area contributed by atoms with E-state index >= 15 is 0 Å². The Morgan fingerprint density at radius 2 is 1.77 bits per heavy atom. The maximum atomic E-state index is 12.5. The van der Waals surface area contributed by atoms with Crippen molar-refractivity contribution in [3.8, 4) is 17.2 Å². The molecule has 0 fully saturated rings. The van der Waals surface area contributed by atoms with Crippen molar-refractivity contribution in [3.63, 3.8) is 0 Å². The number of alkyl halides is 4. The molecule has 0 aliphatic carbocycles. The summed E-state index contributed by atoms with van der Waals surface area (Å²) in [6.07, 6.45) is 0.974. The zero-order valence-electron chi connectivity index (χ0n) is 12.9. The second-order valence-electron chi connectivity index (χ2n) is 4.67. The summed E-state index contributed by atoms with van der Waals surface area (Å²) in [6, 6.07) is 8.77. The third-order valence-electron chi connectivity index (χ3n) is 2.94. The maximum absolute atomic E-state index is 12.5. The third-order valence-corrected chi connectivity index (χ3v) is 2.94. The topological polar surface area (TPSA) is 80.2 Å². The number of rotatable bonds is 7. The van der Waals surface area contributed by atoms with Crippen LogP contribution in [-0.2, 0) is 0 Å². The van der Waals surface area contributed by atoms with E-state index in [2.05, 4.69) is 20.0 Å². The number of carbonyl (C=O) groups is 1. The molecule has 26 heavy (non-hydrogen) atoms. The van der Waals surface area contributed by atoms with E-state index in [1.807, 2.05) is 0 Å². The van der Waals surface area contributed by atoms with Gasteiger partial charge >= 0.3 is 13.2 Å². The van der Waals surface area contributed by atoms with E-state index in [-0.39, 0.29) is 22.6 Å². The average Bonchev–Trinajstić information content (AvgIpc) is 2.56. The minimum atomic E-state index is -3.21. The predicted molar refractivity (Wildman–Crippen MR) is 82.9 cm³/mol. The van der Waals surface area contributed by atoms with E-state index in [0.717, 1.165) is 24.4 Å². The fourth-order valence-electron chi connectivity index (χ4n) is 1.88. The summed E-state index contributed by atoms with van der Waals surface area (Å²) in [6.45, 7) is -6.34. The number of nitrogens with one attached hydrogen (secondary N) is 1. The molecule has 0 heterocycles. The number of aromatic hydroxyl groups is 1. The Hall–Kier alpha value is -3.30. The van der Waals surface area contributed by atoms with Crippen LogP contribution in [0.1, 0.15) is 15.9 Å². The Bertz CT molecular complexity index is 800. The molecule has 0 aliphatic rings. The van der Waals surface area contributed by atoms with Crippen LogP contribution in [0.15, 0.2) is 47.6 Å². The van der Waals surface area contributed by atoms with E-state index in [9.17, 15) is 27.5 Å². The van der Waals surface area contributed by atoms with E-state index in [0.29, 0.717) is 0 Å². The lowest BCUT2D eigenvalue weighted by Crippen LogP contribution is -2.17. The van der Waals surface area contributed by atoms with Gasteiger partial charge in [-0.3, -0.25) is 4.79 Å². The first kappa shape index (κ1) is 19.0. The van der Waals surface area contributed by atoms with Crippen molar-refractivity contribution in [2.75, 3.05) is 0 Å². The van der Waals surface area contributed by atoms with Crippen LogP contribution >= 0.6 is 0 Å². The van der Waals surface area contributed by atoms with Gasteiger partial charge in [-0.25, -0.2) is 5.43 Å². The highest BCUT2D eigenvalue weighted by molar-refractivity contribution is 5.97. The van der Waals surface area contributed by atoms with Crippen molar-refractivity contribution in [3.05, 3.63) is 53.6 Å². The second kappa shape index (κ2) is 8.70. The second-order valence-corrected chi connectivity index (χ2v) is 4.67. The molecule has 0 radical (unpaired) electrons. The number of hydrogen-bond donors (Lipinski definition) is 2. The number of hydrogen-bond acceptors (Lipinski definition) is 5. The molecular formula is C16H12F4N2O4. The summed E-state index contributed by atoms with van der Waals surface area (Å²) in [7, 11) is 0. The summed E-state index contributed by atoms with van der Waals surface area (Å²) in [5.74, 6) is -1.87. The predicted octanol–water partition coefficient (Wildman–Crippen LogP) is 3.36. The van der Waals surface area contributed by atoms with Gasteiger partial charge in [0.1, 0.15) is 17.2 Å². The van der Waals surface area contributed by atoms with E-state index in [1.165, 1.54) is 24.3 Å². The van der Waals surface area contributed by atoms with Crippen LogP contribution in [0.2, 0.25) is 0 Å². The molecule has 0 aromatic heterocycles. The van der Waals surface area contributed by atoms with Crippen molar-refractivity contribution < 1.29 is 36.9 Å². The van der Waals surface area contributed by atoms with Gasteiger partial charge in [0.05, 0.1) is 11.8 Å². The van der Waals surface area contributed by atoms with Crippen LogP contribution < -0.4 is 14.9 Å². The zero-order chi connectivity index (χ0) is 19.1. The fourth-order valence-corrected chi connectivity index (χ4v) is 1.88. The number of para-hydroxylation sites is 1. The number of halogens is 4. The van der Waals surface area contributed by atoms with Crippen LogP contribution in [0.3, 0.4) is 0 Å². The molecule has 1 amide bonds. The molecule has 6 nitrogen and oxygen atoms in total.